The van der Waals surface area contributed by atoms with Gasteiger partial charge in [-0.2, -0.15) is 0 Å². The highest BCUT2D eigenvalue weighted by atomic mass is 35.5. The SMILES string of the molecule is CCCCNc1cc(C)nc2nc(Nc3cc(Cl)ccc3C)[nH][n+]12. The number of halogens is 1. The van der Waals surface area contributed by atoms with E-state index in [-0.39, 0.29) is 0 Å². The quantitative estimate of drug-likeness (QED) is 0.470. The molecule has 24 heavy (non-hydrogen) atoms. The molecule has 3 rings (SSSR count). The lowest BCUT2D eigenvalue weighted by molar-refractivity contribution is -0.564. The minimum Gasteiger partial charge on any atom is -0.320 e. The van der Waals surface area contributed by atoms with Gasteiger partial charge in [0.1, 0.15) is 5.69 Å². The summed E-state index contributed by atoms with van der Waals surface area (Å²) in [6.07, 6.45) is 2.26. The summed E-state index contributed by atoms with van der Waals surface area (Å²) >= 11 is 6.08. The number of aromatic nitrogens is 4. The van der Waals surface area contributed by atoms with Crippen molar-refractivity contribution in [2.45, 2.75) is 33.6 Å². The van der Waals surface area contributed by atoms with Crippen LogP contribution in [0.15, 0.2) is 24.3 Å². The molecule has 0 aliphatic rings. The minimum atomic E-state index is 0.621. The van der Waals surface area contributed by atoms with Crippen LogP contribution >= 0.6 is 11.6 Å². The van der Waals surface area contributed by atoms with Crippen molar-refractivity contribution in [3.8, 4) is 0 Å². The molecule has 7 heteroatoms. The number of hydrogen-bond acceptors (Lipinski definition) is 4. The molecular weight excluding hydrogens is 324 g/mol. The maximum absolute atomic E-state index is 6.08. The van der Waals surface area contributed by atoms with Gasteiger partial charge in [-0.15, -0.1) is 9.50 Å². The Morgan fingerprint density at radius 2 is 2.04 bits per heavy atom. The monoisotopic (exact) mass is 345 g/mol. The molecule has 0 fully saturated rings. The van der Waals surface area contributed by atoms with Crippen molar-refractivity contribution in [3.63, 3.8) is 0 Å². The van der Waals surface area contributed by atoms with Gasteiger partial charge in [-0.25, -0.2) is 5.10 Å². The smallest absolute Gasteiger partial charge is 0.320 e. The first-order chi connectivity index (χ1) is 11.6. The van der Waals surface area contributed by atoms with Gasteiger partial charge in [0, 0.05) is 23.3 Å². The molecule has 0 aliphatic carbocycles. The maximum Gasteiger partial charge on any atom is 0.410 e. The average Bonchev–Trinajstić information content (AvgIpc) is 2.93. The van der Waals surface area contributed by atoms with E-state index in [1.54, 1.807) is 0 Å². The number of aryl methyl sites for hydroxylation is 2. The fourth-order valence-corrected chi connectivity index (χ4v) is 2.63. The zero-order valence-electron chi connectivity index (χ0n) is 14.2. The lowest BCUT2D eigenvalue weighted by Crippen LogP contribution is -2.30. The molecule has 2 aromatic heterocycles. The van der Waals surface area contributed by atoms with Gasteiger partial charge in [-0.1, -0.05) is 36.0 Å². The van der Waals surface area contributed by atoms with Gasteiger partial charge in [0.15, 0.2) is 0 Å². The molecule has 6 nitrogen and oxygen atoms in total. The highest BCUT2D eigenvalue weighted by Crippen LogP contribution is 2.22. The lowest BCUT2D eigenvalue weighted by Gasteiger charge is -2.05. The first-order valence-corrected chi connectivity index (χ1v) is 8.51. The summed E-state index contributed by atoms with van der Waals surface area (Å²) in [6.45, 7) is 7.08. The van der Waals surface area contributed by atoms with Crippen molar-refractivity contribution in [2.75, 3.05) is 17.2 Å². The van der Waals surface area contributed by atoms with Crippen molar-refractivity contribution in [2.24, 2.45) is 0 Å². The molecule has 0 spiro atoms. The van der Waals surface area contributed by atoms with Crippen LogP contribution in [0.4, 0.5) is 17.5 Å². The molecule has 0 aliphatic heterocycles. The fourth-order valence-electron chi connectivity index (χ4n) is 2.46. The summed E-state index contributed by atoms with van der Waals surface area (Å²) in [5.74, 6) is 2.20. The number of benzene rings is 1. The number of hydrogen-bond donors (Lipinski definition) is 3. The second-order valence-electron chi connectivity index (χ2n) is 5.85. The normalized spacial score (nSPS) is 11.0. The Labute approximate surface area is 146 Å². The van der Waals surface area contributed by atoms with E-state index in [2.05, 4.69) is 32.6 Å². The summed E-state index contributed by atoms with van der Waals surface area (Å²) in [6, 6.07) is 7.74. The number of unbranched alkanes of at least 4 members (excludes halogenated alkanes) is 1. The van der Waals surface area contributed by atoms with E-state index in [0.717, 1.165) is 42.1 Å². The minimum absolute atomic E-state index is 0.621. The number of aromatic amines is 1. The second-order valence-corrected chi connectivity index (χ2v) is 6.29. The van der Waals surface area contributed by atoms with Crippen LogP contribution in [0, 0.1) is 13.8 Å². The number of nitrogens with zero attached hydrogens (tertiary/aromatic N) is 3. The molecule has 126 valence electrons. The van der Waals surface area contributed by atoms with Crippen LogP contribution in [0.2, 0.25) is 5.02 Å². The molecule has 3 N–H and O–H groups in total. The third-order valence-electron chi connectivity index (χ3n) is 3.78. The molecule has 3 aromatic rings. The number of nitrogens with one attached hydrogen (secondary N) is 3. The van der Waals surface area contributed by atoms with E-state index in [1.165, 1.54) is 0 Å². The van der Waals surface area contributed by atoms with Crippen LogP contribution in [0.1, 0.15) is 31.0 Å². The summed E-state index contributed by atoms with van der Waals surface area (Å²) in [5.41, 5.74) is 2.93. The Morgan fingerprint density at radius 3 is 2.83 bits per heavy atom. The molecular formula is C17H22ClN6+. The summed E-state index contributed by atoms with van der Waals surface area (Å²) in [5, 5.41) is 10.6. The summed E-state index contributed by atoms with van der Waals surface area (Å²) in [7, 11) is 0. The van der Waals surface area contributed by atoms with Crippen molar-refractivity contribution >= 4 is 34.8 Å². The zero-order valence-corrected chi connectivity index (χ0v) is 14.9. The molecule has 0 unspecified atom stereocenters. The Balaban J connectivity index is 1.92. The molecule has 1 aromatic carbocycles. The van der Waals surface area contributed by atoms with Gasteiger partial charge in [0.25, 0.3) is 5.95 Å². The number of anilines is 3. The Kier molecular flexibility index (Phi) is 4.85. The summed E-state index contributed by atoms with van der Waals surface area (Å²) in [4.78, 5) is 9.01. The van der Waals surface area contributed by atoms with E-state index in [1.807, 2.05) is 42.6 Å². The van der Waals surface area contributed by atoms with Crippen LogP contribution < -0.4 is 15.1 Å². The zero-order chi connectivity index (χ0) is 17.1. The van der Waals surface area contributed by atoms with Crippen LogP contribution in [-0.2, 0) is 0 Å². The molecule has 0 saturated carbocycles. The molecule has 0 bridgehead atoms. The number of H-pyrrole nitrogens is 1. The predicted molar refractivity (Wildman–Crippen MR) is 97.1 cm³/mol. The van der Waals surface area contributed by atoms with E-state index < -0.39 is 0 Å². The highest BCUT2D eigenvalue weighted by Gasteiger charge is 2.16. The van der Waals surface area contributed by atoms with Gasteiger partial charge in [0.05, 0.1) is 0 Å². The average molecular weight is 346 g/mol. The molecule has 0 radical (unpaired) electrons. The van der Waals surface area contributed by atoms with E-state index >= 15 is 0 Å². The molecule has 0 amide bonds. The van der Waals surface area contributed by atoms with Crippen LogP contribution in [0.5, 0.6) is 0 Å². The third kappa shape index (κ3) is 3.59. The Bertz CT molecular complexity index is 858. The van der Waals surface area contributed by atoms with Crippen LogP contribution in [-0.4, -0.2) is 21.6 Å². The lowest BCUT2D eigenvalue weighted by atomic mass is 10.2. The van der Waals surface area contributed by atoms with E-state index in [9.17, 15) is 0 Å². The van der Waals surface area contributed by atoms with Crippen molar-refractivity contribution < 1.29 is 4.52 Å². The van der Waals surface area contributed by atoms with Gasteiger partial charge in [-0.05, 0) is 38.0 Å². The largest absolute Gasteiger partial charge is 0.410 e. The number of fused-ring (bicyclic) bond motifs is 1. The second kappa shape index (κ2) is 7.05. The maximum atomic E-state index is 6.08. The topological polar surface area (TPSA) is 69.7 Å². The third-order valence-corrected chi connectivity index (χ3v) is 4.02. The number of rotatable bonds is 6. The van der Waals surface area contributed by atoms with Gasteiger partial charge in [0.2, 0.25) is 5.82 Å². The van der Waals surface area contributed by atoms with Crippen molar-refractivity contribution in [1.29, 1.82) is 0 Å². The van der Waals surface area contributed by atoms with Crippen molar-refractivity contribution in [1.82, 2.24) is 15.1 Å². The van der Waals surface area contributed by atoms with E-state index in [0.29, 0.717) is 16.7 Å². The first-order valence-electron chi connectivity index (χ1n) is 8.13. The Hall–Kier alpha value is -2.34. The van der Waals surface area contributed by atoms with Crippen LogP contribution in [0.3, 0.4) is 0 Å². The highest BCUT2D eigenvalue weighted by molar-refractivity contribution is 6.30. The van der Waals surface area contributed by atoms with E-state index in [4.69, 9.17) is 11.6 Å². The molecule has 0 saturated heterocycles. The van der Waals surface area contributed by atoms with Crippen molar-refractivity contribution in [3.05, 3.63) is 40.5 Å². The predicted octanol–water partition coefficient (Wildman–Crippen LogP) is 3.77. The Morgan fingerprint density at radius 1 is 1.21 bits per heavy atom. The first kappa shape index (κ1) is 16.5. The van der Waals surface area contributed by atoms with Crippen LogP contribution in [0.25, 0.3) is 5.78 Å². The molecule has 0 atom stereocenters. The van der Waals surface area contributed by atoms with Gasteiger partial charge in [-0.3, -0.25) is 0 Å². The van der Waals surface area contributed by atoms with Gasteiger partial charge >= 0.3 is 5.78 Å². The van der Waals surface area contributed by atoms with Gasteiger partial charge < -0.3 is 10.6 Å². The fraction of sp³-hybridized carbons (Fsp3) is 0.353. The standard InChI is InChI=1S/C17H21ClN6/c1-4-5-8-19-15-9-12(3)20-17-22-16(23-24(15)17)21-14-10-13(18)7-6-11(14)2/h6-7,9-10H,4-5,8H2,1-3H3,(H2,19,20,21,22,23)/p+1. The summed E-state index contributed by atoms with van der Waals surface area (Å²) < 4.78 is 1.85. The molecule has 2 heterocycles.